The fourth-order valence-electron chi connectivity index (χ4n) is 4.02. The number of ether oxygens (including phenoxy) is 1. The maximum absolute atomic E-state index is 12.6. The van der Waals surface area contributed by atoms with Crippen LogP contribution in [0.1, 0.15) is 84.7 Å². The number of carbonyl (C=O) groups excluding carboxylic acids is 1. The second-order valence-electron chi connectivity index (χ2n) is 9.71. The highest BCUT2D eigenvalue weighted by molar-refractivity contribution is 7.80. The minimum atomic E-state index is -0.755. The summed E-state index contributed by atoms with van der Waals surface area (Å²) in [5.74, 6) is 0.489. The zero-order chi connectivity index (χ0) is 23.2. The molecule has 0 aliphatic heterocycles. The number of non-ortho nitro benzene ring substituents is 1. The van der Waals surface area contributed by atoms with Crippen molar-refractivity contribution in [1.29, 1.82) is 0 Å². The molecule has 1 saturated carbocycles. The van der Waals surface area contributed by atoms with Gasteiger partial charge in [-0.25, -0.2) is 4.79 Å². The van der Waals surface area contributed by atoms with E-state index in [4.69, 9.17) is 17.0 Å². The molecule has 7 nitrogen and oxygen atoms in total. The second kappa shape index (κ2) is 10.4. The first-order chi connectivity index (χ1) is 14.4. The van der Waals surface area contributed by atoms with Crippen molar-refractivity contribution in [1.82, 2.24) is 10.6 Å². The molecule has 0 radical (unpaired) electrons. The molecule has 0 unspecified atom stereocenters. The molecule has 2 rings (SSSR count). The number of nitro benzene ring substituents is 1. The third-order valence-corrected chi connectivity index (χ3v) is 6.22. The number of alkyl carbamates (subject to hydrolysis) is 1. The van der Waals surface area contributed by atoms with Gasteiger partial charge in [-0.05, 0) is 52.5 Å². The van der Waals surface area contributed by atoms with E-state index < -0.39 is 22.2 Å². The van der Waals surface area contributed by atoms with E-state index in [1.54, 1.807) is 12.1 Å². The Balaban J connectivity index is 2.15. The smallest absolute Gasteiger partial charge is 0.408 e. The summed E-state index contributed by atoms with van der Waals surface area (Å²) in [4.78, 5) is 23.6. The molecular weight excluding hydrogens is 414 g/mol. The predicted molar refractivity (Wildman–Crippen MR) is 126 cm³/mol. The van der Waals surface area contributed by atoms with Gasteiger partial charge in [0.05, 0.1) is 10.5 Å². The quantitative estimate of drug-likeness (QED) is 0.309. The van der Waals surface area contributed by atoms with Crippen molar-refractivity contribution in [2.75, 3.05) is 0 Å². The largest absolute Gasteiger partial charge is 0.444 e. The van der Waals surface area contributed by atoms with Crippen molar-refractivity contribution in [3.8, 4) is 0 Å². The van der Waals surface area contributed by atoms with E-state index in [0.29, 0.717) is 10.9 Å². The Hall–Kier alpha value is -2.22. The number of benzene rings is 1. The van der Waals surface area contributed by atoms with Crippen molar-refractivity contribution < 1.29 is 14.5 Å². The van der Waals surface area contributed by atoms with Crippen LogP contribution < -0.4 is 10.6 Å². The summed E-state index contributed by atoms with van der Waals surface area (Å²) < 4.78 is 5.50. The van der Waals surface area contributed by atoms with Crippen LogP contribution in [0.5, 0.6) is 0 Å². The monoisotopic (exact) mass is 449 g/mol. The molecule has 1 fully saturated rings. The molecule has 2 N–H and O–H groups in total. The third kappa shape index (κ3) is 7.76. The van der Waals surface area contributed by atoms with E-state index >= 15 is 0 Å². The standard InChI is InChI=1S/C23H35N3O4S/c1-16(18-11-13-19(14-12-18)26(28)29)24-20(31)23(5,15-17-9-7-6-8-10-17)25-21(27)30-22(2,3)4/h11-14,16-17H,6-10,15H2,1-5H3,(H,24,31)(H,25,27)/t16-,23-/m1/s1. The van der Waals surface area contributed by atoms with Gasteiger partial charge in [-0.3, -0.25) is 10.1 Å². The third-order valence-electron chi connectivity index (χ3n) is 5.65. The van der Waals surface area contributed by atoms with Crippen LogP contribution >= 0.6 is 12.2 Å². The number of nitrogens with zero attached hydrogens (tertiary/aromatic N) is 1. The van der Waals surface area contributed by atoms with E-state index in [-0.39, 0.29) is 11.7 Å². The van der Waals surface area contributed by atoms with Gasteiger partial charge in [-0.1, -0.05) is 56.5 Å². The Kier molecular flexibility index (Phi) is 8.40. The van der Waals surface area contributed by atoms with E-state index in [0.717, 1.165) is 24.8 Å². The topological polar surface area (TPSA) is 93.5 Å². The SMILES string of the molecule is C[C@@H](NC(=S)[C@@](C)(CC1CCCCC1)NC(=O)OC(C)(C)C)c1ccc([N+](=O)[O-])cc1. The molecule has 1 amide bonds. The van der Waals surface area contributed by atoms with Crippen molar-refractivity contribution in [2.45, 2.75) is 90.3 Å². The summed E-state index contributed by atoms with van der Waals surface area (Å²) in [6.07, 6.45) is 6.17. The number of rotatable bonds is 7. The summed E-state index contributed by atoms with van der Waals surface area (Å²) in [5.41, 5.74) is -0.427. The molecule has 0 aromatic heterocycles. The van der Waals surface area contributed by atoms with Crippen LogP contribution in [0.4, 0.5) is 10.5 Å². The number of nitro groups is 1. The Morgan fingerprint density at radius 2 is 1.77 bits per heavy atom. The zero-order valence-electron chi connectivity index (χ0n) is 19.2. The summed E-state index contributed by atoms with van der Waals surface area (Å²) in [6.45, 7) is 9.39. The number of hydrogen-bond donors (Lipinski definition) is 2. The average Bonchev–Trinajstić information content (AvgIpc) is 2.67. The maximum atomic E-state index is 12.6. The molecule has 0 saturated heterocycles. The van der Waals surface area contributed by atoms with Crippen LogP contribution in [0, 0.1) is 16.0 Å². The first-order valence-electron chi connectivity index (χ1n) is 11.0. The van der Waals surface area contributed by atoms with Gasteiger partial charge >= 0.3 is 6.09 Å². The molecule has 8 heteroatoms. The minimum Gasteiger partial charge on any atom is -0.444 e. The number of carbonyl (C=O) groups is 1. The first kappa shape index (κ1) is 25.0. The number of amides is 1. The van der Waals surface area contributed by atoms with E-state index in [1.165, 1.54) is 31.4 Å². The lowest BCUT2D eigenvalue weighted by Crippen LogP contribution is -2.58. The summed E-state index contributed by atoms with van der Waals surface area (Å²) in [5, 5.41) is 17.3. The van der Waals surface area contributed by atoms with Crippen molar-refractivity contribution in [2.24, 2.45) is 5.92 Å². The molecule has 172 valence electrons. The van der Waals surface area contributed by atoms with Crippen LogP contribution in [0.3, 0.4) is 0 Å². The number of nitrogens with one attached hydrogen (secondary N) is 2. The lowest BCUT2D eigenvalue weighted by Gasteiger charge is -2.38. The van der Waals surface area contributed by atoms with Crippen LogP contribution in [0.25, 0.3) is 0 Å². The fraction of sp³-hybridized carbons (Fsp3) is 0.652. The predicted octanol–water partition coefficient (Wildman–Crippen LogP) is 5.83. The highest BCUT2D eigenvalue weighted by Crippen LogP contribution is 2.32. The summed E-state index contributed by atoms with van der Waals surface area (Å²) >= 11 is 5.77. The van der Waals surface area contributed by atoms with Crippen molar-refractivity contribution in [3.05, 3.63) is 39.9 Å². The van der Waals surface area contributed by atoms with Crippen LogP contribution in [0.15, 0.2) is 24.3 Å². The van der Waals surface area contributed by atoms with E-state index in [9.17, 15) is 14.9 Å². The molecule has 2 atom stereocenters. The van der Waals surface area contributed by atoms with Crippen LogP contribution in [-0.2, 0) is 4.74 Å². The lowest BCUT2D eigenvalue weighted by atomic mass is 9.79. The van der Waals surface area contributed by atoms with Gasteiger partial charge in [-0.15, -0.1) is 0 Å². The molecule has 1 aromatic rings. The van der Waals surface area contributed by atoms with Gasteiger partial charge in [0, 0.05) is 18.2 Å². The molecular formula is C23H35N3O4S. The normalized spacial score (nSPS) is 17.8. The Morgan fingerprint density at radius 1 is 1.19 bits per heavy atom. The number of thiocarbonyl (C=S) groups is 1. The second-order valence-corrected chi connectivity index (χ2v) is 10.1. The maximum Gasteiger partial charge on any atom is 0.408 e. The van der Waals surface area contributed by atoms with Crippen LogP contribution in [0.2, 0.25) is 0 Å². The minimum absolute atomic E-state index is 0.0484. The average molecular weight is 450 g/mol. The molecule has 0 bridgehead atoms. The molecule has 31 heavy (non-hydrogen) atoms. The van der Waals surface area contributed by atoms with Crippen molar-refractivity contribution >= 4 is 29.0 Å². The Bertz CT molecular complexity index is 785. The van der Waals surface area contributed by atoms with Gasteiger partial charge < -0.3 is 15.4 Å². The van der Waals surface area contributed by atoms with Crippen molar-refractivity contribution in [3.63, 3.8) is 0 Å². The molecule has 1 aliphatic carbocycles. The van der Waals surface area contributed by atoms with Gasteiger partial charge in [0.15, 0.2) is 0 Å². The lowest BCUT2D eigenvalue weighted by molar-refractivity contribution is -0.384. The number of hydrogen-bond acceptors (Lipinski definition) is 5. The van der Waals surface area contributed by atoms with Gasteiger partial charge in [0.1, 0.15) is 10.6 Å². The molecule has 1 aliphatic rings. The summed E-state index contributed by atoms with van der Waals surface area (Å²) in [7, 11) is 0. The van der Waals surface area contributed by atoms with Gasteiger partial charge in [0.2, 0.25) is 0 Å². The zero-order valence-corrected chi connectivity index (χ0v) is 20.0. The van der Waals surface area contributed by atoms with Gasteiger partial charge in [-0.2, -0.15) is 0 Å². The highest BCUT2D eigenvalue weighted by atomic mass is 32.1. The highest BCUT2D eigenvalue weighted by Gasteiger charge is 2.36. The van der Waals surface area contributed by atoms with Gasteiger partial charge in [0.25, 0.3) is 5.69 Å². The van der Waals surface area contributed by atoms with E-state index in [1.807, 2.05) is 34.6 Å². The Labute approximate surface area is 190 Å². The molecule has 0 heterocycles. The first-order valence-corrected chi connectivity index (χ1v) is 11.4. The molecule has 1 aromatic carbocycles. The fourth-order valence-corrected chi connectivity index (χ4v) is 4.33. The molecule has 0 spiro atoms. The summed E-state index contributed by atoms with van der Waals surface area (Å²) in [6, 6.07) is 6.24. The Morgan fingerprint density at radius 3 is 2.29 bits per heavy atom. The van der Waals surface area contributed by atoms with E-state index in [2.05, 4.69) is 10.6 Å². The van der Waals surface area contributed by atoms with Crippen LogP contribution in [-0.4, -0.2) is 27.1 Å².